The number of hydrogen-bond donors (Lipinski definition) is 0. The van der Waals surface area contributed by atoms with Crippen molar-refractivity contribution in [1.82, 2.24) is 4.90 Å². The van der Waals surface area contributed by atoms with E-state index in [9.17, 15) is 0 Å². The van der Waals surface area contributed by atoms with Crippen LogP contribution in [-0.2, 0) is 6.54 Å². The summed E-state index contributed by atoms with van der Waals surface area (Å²) in [6.45, 7) is 11.4. The monoisotopic (exact) mass is 307 g/mol. The highest BCUT2D eigenvalue weighted by atomic mass is 15.2. The molecule has 122 valence electrons. The van der Waals surface area contributed by atoms with Crippen LogP contribution in [0.5, 0.6) is 0 Å². The van der Waals surface area contributed by atoms with Gasteiger partial charge in [-0.05, 0) is 73.9 Å². The number of nitrogens with zero attached hydrogens (tertiary/aromatic N) is 1. The van der Waals surface area contributed by atoms with Gasteiger partial charge in [0.05, 0.1) is 0 Å². The molecule has 2 unspecified atom stereocenters. The van der Waals surface area contributed by atoms with E-state index in [0.29, 0.717) is 6.04 Å². The molecule has 1 saturated heterocycles. The number of aryl methyl sites for hydroxylation is 3. The second-order valence-corrected chi connectivity index (χ2v) is 7.39. The van der Waals surface area contributed by atoms with Gasteiger partial charge in [0, 0.05) is 12.6 Å². The van der Waals surface area contributed by atoms with Crippen molar-refractivity contribution in [3.05, 3.63) is 70.3 Å². The number of benzene rings is 2. The van der Waals surface area contributed by atoms with Crippen LogP contribution < -0.4 is 0 Å². The predicted molar refractivity (Wildman–Crippen MR) is 98.6 cm³/mol. The molecule has 2 aromatic rings. The second-order valence-electron chi connectivity index (χ2n) is 7.39. The number of hydrogen-bond acceptors (Lipinski definition) is 1. The molecule has 0 bridgehead atoms. The summed E-state index contributed by atoms with van der Waals surface area (Å²) >= 11 is 0. The maximum absolute atomic E-state index is 2.69. The molecule has 0 spiro atoms. The van der Waals surface area contributed by atoms with E-state index in [2.05, 4.69) is 75.1 Å². The van der Waals surface area contributed by atoms with Crippen molar-refractivity contribution >= 4 is 0 Å². The van der Waals surface area contributed by atoms with Gasteiger partial charge in [-0.3, -0.25) is 4.90 Å². The Balaban J connectivity index is 1.86. The van der Waals surface area contributed by atoms with Gasteiger partial charge in [0.15, 0.2) is 0 Å². The maximum Gasteiger partial charge on any atom is 0.0354 e. The van der Waals surface area contributed by atoms with E-state index < -0.39 is 0 Å². The summed E-state index contributed by atoms with van der Waals surface area (Å²) in [5.74, 6) is 0.817. The zero-order chi connectivity index (χ0) is 16.4. The van der Waals surface area contributed by atoms with Crippen LogP contribution in [-0.4, -0.2) is 11.4 Å². The summed E-state index contributed by atoms with van der Waals surface area (Å²) < 4.78 is 0. The Morgan fingerprint density at radius 2 is 1.65 bits per heavy atom. The Morgan fingerprint density at radius 1 is 0.957 bits per heavy atom. The fourth-order valence-corrected chi connectivity index (χ4v) is 3.81. The lowest BCUT2D eigenvalue weighted by molar-refractivity contribution is 0.110. The van der Waals surface area contributed by atoms with Gasteiger partial charge in [0.25, 0.3) is 0 Å². The van der Waals surface area contributed by atoms with Crippen molar-refractivity contribution in [3.8, 4) is 0 Å². The number of likely N-dealkylation sites (tertiary alicyclic amines) is 1. The van der Waals surface area contributed by atoms with Crippen LogP contribution in [0.25, 0.3) is 0 Å². The molecule has 0 saturated carbocycles. The van der Waals surface area contributed by atoms with E-state index in [1.165, 1.54) is 47.2 Å². The lowest BCUT2D eigenvalue weighted by atomic mass is 9.87. The first-order valence-electron chi connectivity index (χ1n) is 8.90. The Morgan fingerprint density at radius 3 is 2.39 bits per heavy atom. The normalized spacial score (nSPS) is 22.3. The molecule has 1 heteroatoms. The Hall–Kier alpha value is -1.60. The largest absolute Gasteiger partial charge is 0.292 e. The zero-order valence-electron chi connectivity index (χ0n) is 15.0. The minimum atomic E-state index is 0.556. The van der Waals surface area contributed by atoms with Gasteiger partial charge in [-0.15, -0.1) is 0 Å². The summed E-state index contributed by atoms with van der Waals surface area (Å²) in [5.41, 5.74) is 7.20. The first kappa shape index (κ1) is 16.3. The molecule has 2 atom stereocenters. The van der Waals surface area contributed by atoms with Crippen LogP contribution in [0.15, 0.2) is 42.5 Å². The Labute approximate surface area is 141 Å². The molecule has 1 heterocycles. The third kappa shape index (κ3) is 3.67. The minimum Gasteiger partial charge on any atom is -0.292 e. The van der Waals surface area contributed by atoms with E-state index in [4.69, 9.17) is 0 Å². The van der Waals surface area contributed by atoms with Crippen LogP contribution in [0.4, 0.5) is 0 Å². The van der Waals surface area contributed by atoms with Gasteiger partial charge in [-0.25, -0.2) is 0 Å². The Bertz CT molecular complexity index is 659. The van der Waals surface area contributed by atoms with E-state index in [1.807, 2.05) is 0 Å². The molecule has 1 nitrogen and oxygen atoms in total. The highest BCUT2D eigenvalue weighted by Gasteiger charge is 2.27. The molecule has 0 N–H and O–H groups in total. The van der Waals surface area contributed by atoms with Crippen LogP contribution in [0.1, 0.15) is 53.6 Å². The van der Waals surface area contributed by atoms with Crippen LogP contribution in [0.3, 0.4) is 0 Å². The number of rotatable bonds is 3. The third-order valence-electron chi connectivity index (χ3n) is 5.49. The van der Waals surface area contributed by atoms with E-state index in [1.54, 1.807) is 0 Å². The molecule has 0 aliphatic carbocycles. The van der Waals surface area contributed by atoms with E-state index in [-0.39, 0.29) is 0 Å². The minimum absolute atomic E-state index is 0.556. The highest BCUT2D eigenvalue weighted by molar-refractivity contribution is 5.36. The molecule has 0 aromatic heterocycles. The standard InChI is InChI=1S/C22H29N/c1-16-10-11-23(22(12-16)20-8-6-5-7-9-20)15-21-14-18(3)17(2)13-19(21)4/h5-9,13-14,16,22H,10-12,15H2,1-4H3. The quantitative estimate of drug-likeness (QED) is 0.715. The van der Waals surface area contributed by atoms with Gasteiger partial charge in [0.1, 0.15) is 0 Å². The molecule has 1 aliphatic rings. The molecule has 0 amide bonds. The van der Waals surface area contributed by atoms with Crippen molar-refractivity contribution in [2.45, 2.75) is 53.1 Å². The molecular weight excluding hydrogens is 278 g/mol. The Kier molecular flexibility index (Phi) is 4.87. The molecule has 0 radical (unpaired) electrons. The smallest absolute Gasteiger partial charge is 0.0354 e. The van der Waals surface area contributed by atoms with E-state index >= 15 is 0 Å². The van der Waals surface area contributed by atoms with Gasteiger partial charge >= 0.3 is 0 Å². The lowest BCUT2D eigenvalue weighted by Crippen LogP contribution is -2.36. The molecule has 1 fully saturated rings. The first-order valence-corrected chi connectivity index (χ1v) is 8.90. The molecule has 3 rings (SSSR count). The van der Waals surface area contributed by atoms with Crippen molar-refractivity contribution in [1.29, 1.82) is 0 Å². The van der Waals surface area contributed by atoms with Crippen LogP contribution in [0, 0.1) is 26.7 Å². The molecule has 23 heavy (non-hydrogen) atoms. The van der Waals surface area contributed by atoms with Crippen molar-refractivity contribution in [2.75, 3.05) is 6.54 Å². The summed E-state index contributed by atoms with van der Waals surface area (Å²) in [4.78, 5) is 2.69. The summed E-state index contributed by atoms with van der Waals surface area (Å²) in [6, 6.07) is 16.3. The van der Waals surface area contributed by atoms with Crippen molar-refractivity contribution < 1.29 is 0 Å². The molecule has 1 aliphatic heterocycles. The van der Waals surface area contributed by atoms with Crippen molar-refractivity contribution in [3.63, 3.8) is 0 Å². The second kappa shape index (κ2) is 6.88. The number of piperidine rings is 1. The van der Waals surface area contributed by atoms with E-state index in [0.717, 1.165) is 12.5 Å². The van der Waals surface area contributed by atoms with Crippen molar-refractivity contribution in [2.24, 2.45) is 5.92 Å². The third-order valence-corrected chi connectivity index (χ3v) is 5.49. The topological polar surface area (TPSA) is 3.24 Å². The fraction of sp³-hybridized carbons (Fsp3) is 0.455. The molecular formula is C22H29N. The average molecular weight is 307 g/mol. The summed E-state index contributed by atoms with van der Waals surface area (Å²) in [6.07, 6.45) is 2.58. The highest BCUT2D eigenvalue weighted by Crippen LogP contribution is 2.35. The summed E-state index contributed by atoms with van der Waals surface area (Å²) in [5, 5.41) is 0. The first-order chi connectivity index (χ1) is 11.0. The predicted octanol–water partition coefficient (Wildman–Crippen LogP) is 5.59. The zero-order valence-corrected chi connectivity index (χ0v) is 15.0. The average Bonchev–Trinajstić information content (AvgIpc) is 2.55. The maximum atomic E-state index is 2.69. The molecule has 2 aromatic carbocycles. The van der Waals surface area contributed by atoms with Crippen LogP contribution in [0.2, 0.25) is 0 Å². The van der Waals surface area contributed by atoms with Gasteiger partial charge in [-0.1, -0.05) is 49.4 Å². The summed E-state index contributed by atoms with van der Waals surface area (Å²) in [7, 11) is 0. The SMILES string of the molecule is Cc1cc(C)c(CN2CCC(C)CC2c2ccccc2)cc1C. The van der Waals surface area contributed by atoms with Gasteiger partial charge in [0.2, 0.25) is 0 Å². The fourth-order valence-electron chi connectivity index (χ4n) is 3.81. The van der Waals surface area contributed by atoms with Gasteiger partial charge < -0.3 is 0 Å². The van der Waals surface area contributed by atoms with Crippen LogP contribution >= 0.6 is 0 Å². The lowest BCUT2D eigenvalue weighted by Gasteiger charge is -2.39. The van der Waals surface area contributed by atoms with Gasteiger partial charge in [-0.2, -0.15) is 0 Å².